The zero-order valence-electron chi connectivity index (χ0n) is 22.3. The zero-order valence-corrected chi connectivity index (χ0v) is 24.1. The topological polar surface area (TPSA) is 124 Å². The lowest BCUT2D eigenvalue weighted by Gasteiger charge is -2.05. The molecule has 0 bridgehead atoms. The van der Waals surface area contributed by atoms with Crippen molar-refractivity contribution < 1.29 is 33.2 Å². The summed E-state index contributed by atoms with van der Waals surface area (Å²) in [5.74, 6) is 0. The van der Waals surface area contributed by atoms with Gasteiger partial charge in [0.05, 0.1) is 6.61 Å². The molecule has 0 aromatic carbocycles. The summed E-state index contributed by atoms with van der Waals surface area (Å²) in [6.45, 7) is 0.153. The average Bonchev–Trinajstić information content (AvgIpc) is 2.77. The summed E-state index contributed by atoms with van der Waals surface area (Å²) < 4.78 is 25.7. The van der Waals surface area contributed by atoms with Gasteiger partial charge in [-0.05, 0) is 12.8 Å². The summed E-state index contributed by atoms with van der Waals surface area (Å²) in [6.07, 6.45) is 29.5. The maximum Gasteiger partial charge on any atom is 0.469 e. The summed E-state index contributed by atoms with van der Waals surface area (Å²) in [4.78, 5) is 34.8. The van der Waals surface area contributed by atoms with Gasteiger partial charge in [0.25, 0.3) is 0 Å². The Bertz CT molecular complexity index is 488. The van der Waals surface area contributed by atoms with Crippen molar-refractivity contribution in [2.75, 3.05) is 12.8 Å². The molecule has 7 nitrogen and oxygen atoms in total. The lowest BCUT2D eigenvalue weighted by atomic mass is 10.0. The number of phosphoric acid groups is 1. The van der Waals surface area contributed by atoms with Crippen LogP contribution in [0.3, 0.4) is 0 Å². The van der Waals surface area contributed by atoms with Crippen LogP contribution in [0.25, 0.3) is 0 Å². The molecule has 0 heterocycles. The van der Waals surface area contributed by atoms with E-state index in [2.05, 4.69) is 4.52 Å². The van der Waals surface area contributed by atoms with E-state index in [1.807, 2.05) is 0 Å². The van der Waals surface area contributed by atoms with Crippen molar-refractivity contribution >= 4 is 15.4 Å². The molecule has 0 rings (SSSR count). The van der Waals surface area contributed by atoms with Gasteiger partial charge in [-0.25, -0.2) is 4.57 Å². The van der Waals surface area contributed by atoms with Gasteiger partial charge in [0, 0.05) is 6.16 Å². The Morgan fingerprint density at radius 2 is 0.600 bits per heavy atom. The van der Waals surface area contributed by atoms with E-state index in [4.69, 9.17) is 19.6 Å². The Morgan fingerprint density at radius 3 is 0.829 bits per heavy atom. The maximum absolute atomic E-state index is 10.8. The quantitative estimate of drug-likeness (QED) is 0.0576. The van der Waals surface area contributed by atoms with Gasteiger partial charge in [-0.15, -0.1) is 0 Å². The van der Waals surface area contributed by atoms with Crippen LogP contribution in [0.1, 0.15) is 154 Å². The van der Waals surface area contributed by atoms with Crippen molar-refractivity contribution in [1.82, 2.24) is 0 Å². The largest absolute Gasteiger partial charge is 0.469 e. The van der Waals surface area contributed by atoms with Crippen LogP contribution in [0, 0.1) is 0 Å². The van der Waals surface area contributed by atoms with Gasteiger partial charge in [0.1, 0.15) is 0 Å². The molecule has 4 N–H and O–H groups in total. The average molecular weight is 543 g/mol. The summed E-state index contributed by atoms with van der Waals surface area (Å²) >= 11 is 0. The SMILES string of the molecule is O=P(O)(O)CCCCCCCCCCCCCCCCCCCCCCCCCCOP(=O)(O)O. The van der Waals surface area contributed by atoms with E-state index in [-0.39, 0.29) is 12.8 Å². The summed E-state index contributed by atoms with van der Waals surface area (Å²) in [5.41, 5.74) is 0. The van der Waals surface area contributed by atoms with E-state index in [0.717, 1.165) is 32.1 Å². The molecule has 0 atom stereocenters. The molecule has 35 heavy (non-hydrogen) atoms. The van der Waals surface area contributed by atoms with Crippen molar-refractivity contribution in [1.29, 1.82) is 0 Å². The second-order valence-electron chi connectivity index (χ2n) is 10.2. The van der Waals surface area contributed by atoms with Crippen LogP contribution < -0.4 is 0 Å². The minimum Gasteiger partial charge on any atom is -0.324 e. The van der Waals surface area contributed by atoms with Crippen molar-refractivity contribution in [3.05, 3.63) is 0 Å². The molecule has 0 aromatic heterocycles. The van der Waals surface area contributed by atoms with Gasteiger partial charge >= 0.3 is 15.4 Å². The Morgan fingerprint density at radius 1 is 0.371 bits per heavy atom. The molecule has 0 amide bonds. The maximum atomic E-state index is 10.8. The molecule has 0 saturated heterocycles. The predicted molar refractivity (Wildman–Crippen MR) is 146 cm³/mol. The van der Waals surface area contributed by atoms with Crippen molar-refractivity contribution in [3.63, 3.8) is 0 Å². The molecule has 0 spiro atoms. The van der Waals surface area contributed by atoms with Crippen LogP contribution in [0.4, 0.5) is 0 Å². The molecule has 9 heteroatoms. The van der Waals surface area contributed by atoms with Crippen molar-refractivity contribution in [3.8, 4) is 0 Å². The Hall–Kier alpha value is 0.260. The number of phosphoric ester groups is 1. The lowest BCUT2D eigenvalue weighted by molar-refractivity contribution is 0.193. The number of rotatable bonds is 28. The molecular weight excluding hydrogens is 486 g/mol. The highest BCUT2D eigenvalue weighted by Gasteiger charge is 2.12. The fraction of sp³-hybridized carbons (Fsp3) is 1.00. The molecule has 0 saturated carbocycles. The molecule has 0 fully saturated rings. The van der Waals surface area contributed by atoms with E-state index < -0.39 is 15.4 Å². The Balaban J connectivity index is 3.08. The third-order valence-corrected chi connectivity index (χ3v) is 8.02. The smallest absolute Gasteiger partial charge is 0.324 e. The van der Waals surface area contributed by atoms with Gasteiger partial charge in [-0.3, -0.25) is 9.09 Å². The fourth-order valence-electron chi connectivity index (χ4n) is 4.49. The second kappa shape index (κ2) is 24.6. The predicted octanol–water partition coefficient (Wildman–Crippen LogP) is 8.64. The normalized spacial score (nSPS) is 12.5. The summed E-state index contributed by atoms with van der Waals surface area (Å²) in [7, 11) is -8.07. The van der Waals surface area contributed by atoms with Gasteiger partial charge in [-0.2, -0.15) is 0 Å². The highest BCUT2D eigenvalue weighted by atomic mass is 31.2. The Labute approximate surface area is 215 Å². The van der Waals surface area contributed by atoms with E-state index in [9.17, 15) is 9.13 Å². The van der Waals surface area contributed by atoms with Crippen LogP contribution >= 0.6 is 15.4 Å². The van der Waals surface area contributed by atoms with E-state index >= 15 is 0 Å². The monoisotopic (exact) mass is 542 g/mol. The Kier molecular flexibility index (Phi) is 24.8. The van der Waals surface area contributed by atoms with E-state index in [1.165, 1.54) is 116 Å². The molecule has 0 aliphatic carbocycles. The summed E-state index contributed by atoms with van der Waals surface area (Å²) in [6, 6.07) is 0. The molecule has 0 aliphatic heterocycles. The highest BCUT2D eigenvalue weighted by molar-refractivity contribution is 7.51. The second-order valence-corrected chi connectivity index (χ2v) is 13.2. The van der Waals surface area contributed by atoms with Crippen molar-refractivity contribution in [2.24, 2.45) is 0 Å². The van der Waals surface area contributed by atoms with Gasteiger partial charge < -0.3 is 19.6 Å². The minimum atomic E-state index is -4.28. The first-order chi connectivity index (χ1) is 16.7. The molecular formula is C26H56O7P2. The first kappa shape index (κ1) is 35.3. The molecule has 0 aliphatic rings. The molecule has 0 radical (unpaired) electrons. The third-order valence-electron chi connectivity index (χ3n) is 6.60. The van der Waals surface area contributed by atoms with Crippen LogP contribution in [-0.4, -0.2) is 32.3 Å². The third kappa shape index (κ3) is 34.3. The standard InChI is InChI=1S/C26H56O7P2/c27-34(28,29)26-24-22-20-18-16-14-12-10-8-6-4-2-1-3-5-7-9-11-13-15-17-19-21-23-25-33-35(30,31)32/h1-26H2,(H2,27,28,29)(H2,30,31,32). The van der Waals surface area contributed by atoms with Crippen LogP contribution in [0.15, 0.2) is 0 Å². The van der Waals surface area contributed by atoms with Crippen LogP contribution in [-0.2, 0) is 13.7 Å². The van der Waals surface area contributed by atoms with E-state index in [0.29, 0.717) is 6.42 Å². The first-order valence-corrected chi connectivity index (χ1v) is 17.8. The van der Waals surface area contributed by atoms with Crippen molar-refractivity contribution in [2.45, 2.75) is 154 Å². The van der Waals surface area contributed by atoms with E-state index in [1.54, 1.807) is 0 Å². The lowest BCUT2D eigenvalue weighted by Crippen LogP contribution is -1.92. The minimum absolute atomic E-state index is 0.0434. The fourth-order valence-corrected chi connectivity index (χ4v) is 5.49. The van der Waals surface area contributed by atoms with Crippen LogP contribution in [0.2, 0.25) is 0 Å². The molecule has 0 unspecified atom stereocenters. The van der Waals surface area contributed by atoms with Crippen LogP contribution in [0.5, 0.6) is 0 Å². The first-order valence-electron chi connectivity index (χ1n) is 14.5. The molecule has 212 valence electrons. The number of hydrogen-bond donors (Lipinski definition) is 4. The zero-order chi connectivity index (χ0) is 26.1. The summed E-state index contributed by atoms with van der Waals surface area (Å²) in [5, 5.41) is 0. The molecule has 0 aromatic rings. The van der Waals surface area contributed by atoms with Gasteiger partial charge in [0.15, 0.2) is 0 Å². The van der Waals surface area contributed by atoms with Gasteiger partial charge in [-0.1, -0.05) is 141 Å². The number of hydrogen-bond acceptors (Lipinski definition) is 3. The highest BCUT2D eigenvalue weighted by Crippen LogP contribution is 2.36. The number of unbranched alkanes of at least 4 members (excludes halogenated alkanes) is 23. The van der Waals surface area contributed by atoms with Gasteiger partial charge in [0.2, 0.25) is 0 Å².